The molecule has 21 heavy (non-hydrogen) atoms. The molecule has 7 nitrogen and oxygen atoms in total. The summed E-state index contributed by atoms with van der Waals surface area (Å²) in [7, 11) is -3.28. The van der Waals surface area contributed by atoms with Crippen molar-refractivity contribution < 1.29 is 8.42 Å². The molecule has 0 aliphatic carbocycles. The Balaban J connectivity index is 2.38. The number of aromatic amines is 1. The van der Waals surface area contributed by atoms with Crippen molar-refractivity contribution in [1.82, 2.24) is 9.55 Å². The first kappa shape index (κ1) is 14.7. The highest BCUT2D eigenvalue weighted by Crippen LogP contribution is 2.10. The molecule has 0 bridgehead atoms. The number of benzene rings is 1. The van der Waals surface area contributed by atoms with E-state index in [2.05, 4.69) is 0 Å². The molecule has 1 aromatic carbocycles. The predicted molar refractivity (Wildman–Crippen MR) is 74.7 cm³/mol. The molecule has 0 saturated heterocycles. The summed E-state index contributed by atoms with van der Waals surface area (Å²) in [6.45, 7) is 0.119. The molecule has 2 aromatic rings. The molecule has 8 heteroatoms. The third-order valence-electron chi connectivity index (χ3n) is 2.84. The molecule has 1 heterocycles. The van der Waals surface area contributed by atoms with Crippen molar-refractivity contribution in [2.24, 2.45) is 0 Å². The zero-order valence-electron chi connectivity index (χ0n) is 11.0. The summed E-state index contributed by atoms with van der Waals surface area (Å²) in [5.74, 6) is 0. The van der Waals surface area contributed by atoms with E-state index >= 15 is 0 Å². The number of H-pyrrole nitrogens is 1. The largest absolute Gasteiger partial charge is 0.328 e. The number of hydrogen-bond acceptors (Lipinski definition) is 5. The first-order valence-corrected chi connectivity index (χ1v) is 7.73. The Morgan fingerprint density at radius 2 is 1.86 bits per heavy atom. The second-order valence-electron chi connectivity index (χ2n) is 4.46. The minimum Gasteiger partial charge on any atom is -0.295 e. The summed E-state index contributed by atoms with van der Waals surface area (Å²) < 4.78 is 23.9. The minimum atomic E-state index is -3.28. The SMILES string of the molecule is CS(=O)(=O)c1ccc(Cn2cc(C#N)c(=O)[nH]c2=O)cc1. The maximum Gasteiger partial charge on any atom is 0.328 e. The Kier molecular flexibility index (Phi) is 3.78. The number of nitrogens with zero attached hydrogens (tertiary/aromatic N) is 2. The van der Waals surface area contributed by atoms with Crippen molar-refractivity contribution in [2.45, 2.75) is 11.4 Å². The summed E-state index contributed by atoms with van der Waals surface area (Å²) in [4.78, 5) is 25.1. The van der Waals surface area contributed by atoms with Crippen molar-refractivity contribution in [3.8, 4) is 6.07 Å². The number of sulfone groups is 1. The van der Waals surface area contributed by atoms with Crippen molar-refractivity contribution in [3.05, 3.63) is 62.4 Å². The van der Waals surface area contributed by atoms with Gasteiger partial charge in [-0.3, -0.25) is 14.3 Å². The number of nitriles is 1. The molecule has 2 rings (SSSR count). The predicted octanol–water partition coefficient (Wildman–Crippen LogP) is -0.140. The maximum atomic E-state index is 11.6. The van der Waals surface area contributed by atoms with E-state index in [1.54, 1.807) is 18.2 Å². The number of hydrogen-bond donors (Lipinski definition) is 1. The van der Waals surface area contributed by atoms with Crippen LogP contribution in [0.4, 0.5) is 0 Å². The summed E-state index contributed by atoms with van der Waals surface area (Å²) in [5, 5.41) is 8.77. The average molecular weight is 305 g/mol. The quantitative estimate of drug-likeness (QED) is 0.848. The van der Waals surface area contributed by atoms with Crippen molar-refractivity contribution in [2.75, 3.05) is 6.26 Å². The Hall–Kier alpha value is -2.66. The third kappa shape index (κ3) is 3.27. The second-order valence-corrected chi connectivity index (χ2v) is 6.47. The van der Waals surface area contributed by atoms with E-state index in [0.717, 1.165) is 6.26 Å². The number of nitrogens with one attached hydrogen (secondary N) is 1. The summed E-state index contributed by atoms with van der Waals surface area (Å²) in [6.07, 6.45) is 2.28. The fraction of sp³-hybridized carbons (Fsp3) is 0.154. The highest BCUT2D eigenvalue weighted by atomic mass is 32.2. The molecule has 0 amide bonds. The van der Waals surface area contributed by atoms with Crippen molar-refractivity contribution >= 4 is 9.84 Å². The van der Waals surface area contributed by atoms with Crippen molar-refractivity contribution in [3.63, 3.8) is 0 Å². The van der Waals surface area contributed by atoms with Crippen LogP contribution in [0.15, 0.2) is 44.9 Å². The zero-order chi connectivity index (χ0) is 15.6. The molecule has 0 fully saturated rings. The van der Waals surface area contributed by atoms with Gasteiger partial charge in [-0.1, -0.05) is 12.1 Å². The van der Waals surface area contributed by atoms with Gasteiger partial charge in [0.2, 0.25) is 0 Å². The van der Waals surface area contributed by atoms with Crippen LogP contribution < -0.4 is 11.2 Å². The van der Waals surface area contributed by atoms with Gasteiger partial charge in [0, 0.05) is 12.5 Å². The first-order chi connectivity index (χ1) is 9.81. The van der Waals surface area contributed by atoms with Gasteiger partial charge in [0.05, 0.1) is 11.4 Å². The lowest BCUT2D eigenvalue weighted by molar-refractivity contribution is 0.602. The number of aromatic nitrogens is 2. The highest BCUT2D eigenvalue weighted by Gasteiger charge is 2.08. The molecule has 1 N–H and O–H groups in total. The van der Waals surface area contributed by atoms with E-state index in [1.807, 2.05) is 4.98 Å². The van der Waals surface area contributed by atoms with Gasteiger partial charge < -0.3 is 0 Å². The zero-order valence-corrected chi connectivity index (χ0v) is 11.8. The van der Waals surface area contributed by atoms with Gasteiger partial charge in [0.1, 0.15) is 11.6 Å². The Morgan fingerprint density at radius 3 is 2.38 bits per heavy atom. The third-order valence-corrected chi connectivity index (χ3v) is 3.96. The fourth-order valence-corrected chi connectivity index (χ4v) is 2.38. The van der Waals surface area contributed by atoms with E-state index < -0.39 is 21.1 Å². The molecule has 0 radical (unpaired) electrons. The second kappa shape index (κ2) is 5.38. The molecule has 0 aliphatic heterocycles. The fourth-order valence-electron chi connectivity index (χ4n) is 1.75. The van der Waals surface area contributed by atoms with Crippen molar-refractivity contribution in [1.29, 1.82) is 5.26 Å². The van der Waals surface area contributed by atoms with Crippen LogP contribution in [0.25, 0.3) is 0 Å². The number of rotatable bonds is 3. The molecular weight excluding hydrogens is 294 g/mol. The topological polar surface area (TPSA) is 113 Å². The Bertz CT molecular complexity index is 931. The Morgan fingerprint density at radius 1 is 1.24 bits per heavy atom. The van der Waals surface area contributed by atoms with Gasteiger partial charge >= 0.3 is 5.69 Å². The smallest absolute Gasteiger partial charge is 0.295 e. The lowest BCUT2D eigenvalue weighted by atomic mass is 10.2. The molecule has 0 atom stereocenters. The molecule has 0 spiro atoms. The van der Waals surface area contributed by atoms with E-state index in [-0.39, 0.29) is 17.0 Å². The summed E-state index contributed by atoms with van der Waals surface area (Å²) in [5.41, 5.74) is -0.861. The van der Waals surface area contributed by atoms with Crippen LogP contribution in [0.5, 0.6) is 0 Å². The van der Waals surface area contributed by atoms with Crippen LogP contribution in [-0.4, -0.2) is 24.2 Å². The normalized spacial score (nSPS) is 11.0. The van der Waals surface area contributed by atoms with Gasteiger partial charge in [-0.2, -0.15) is 5.26 Å². The minimum absolute atomic E-state index is 0.119. The van der Waals surface area contributed by atoms with Crippen LogP contribution in [0, 0.1) is 11.3 Å². The molecule has 0 aliphatic rings. The lowest BCUT2D eigenvalue weighted by Crippen LogP contribution is -2.31. The Labute approximate surface area is 120 Å². The average Bonchev–Trinajstić information content (AvgIpc) is 2.41. The summed E-state index contributed by atoms with van der Waals surface area (Å²) >= 11 is 0. The van der Waals surface area contributed by atoms with Gasteiger partial charge in [-0.15, -0.1) is 0 Å². The van der Waals surface area contributed by atoms with Crippen LogP contribution in [-0.2, 0) is 16.4 Å². The molecule has 108 valence electrons. The lowest BCUT2D eigenvalue weighted by Gasteiger charge is -2.06. The first-order valence-electron chi connectivity index (χ1n) is 5.84. The van der Waals surface area contributed by atoms with Gasteiger partial charge in [0.25, 0.3) is 5.56 Å². The highest BCUT2D eigenvalue weighted by molar-refractivity contribution is 7.90. The van der Waals surface area contributed by atoms with E-state index in [1.165, 1.54) is 22.9 Å². The molecule has 0 unspecified atom stereocenters. The van der Waals surface area contributed by atoms with E-state index in [4.69, 9.17) is 5.26 Å². The van der Waals surface area contributed by atoms with Crippen LogP contribution >= 0.6 is 0 Å². The van der Waals surface area contributed by atoms with Crippen LogP contribution in [0.2, 0.25) is 0 Å². The van der Waals surface area contributed by atoms with E-state index in [0.29, 0.717) is 5.56 Å². The van der Waals surface area contributed by atoms with Gasteiger partial charge in [-0.25, -0.2) is 13.2 Å². The summed E-state index contributed by atoms with van der Waals surface area (Å²) in [6, 6.07) is 7.71. The standard InChI is InChI=1S/C13H11N3O4S/c1-21(19,20)11-4-2-9(3-5-11)7-16-8-10(6-14)12(17)15-13(16)18/h2-5,8H,7H2,1H3,(H,15,17,18). The van der Waals surface area contributed by atoms with Gasteiger partial charge in [-0.05, 0) is 17.7 Å². The molecule has 0 saturated carbocycles. The maximum absolute atomic E-state index is 11.6. The van der Waals surface area contributed by atoms with Crippen LogP contribution in [0.3, 0.4) is 0 Å². The molecular formula is C13H11N3O4S. The molecule has 1 aromatic heterocycles. The van der Waals surface area contributed by atoms with E-state index in [9.17, 15) is 18.0 Å². The monoisotopic (exact) mass is 305 g/mol. The van der Waals surface area contributed by atoms with Gasteiger partial charge in [0.15, 0.2) is 9.84 Å². The van der Waals surface area contributed by atoms with Crippen LogP contribution in [0.1, 0.15) is 11.1 Å².